The molecule has 0 spiro atoms. The molecule has 0 unspecified atom stereocenters. The molecule has 0 radical (unpaired) electrons. The summed E-state index contributed by atoms with van der Waals surface area (Å²) in [5.74, 6) is 0.616. The van der Waals surface area contributed by atoms with Gasteiger partial charge in [-0.15, -0.1) is 0 Å². The lowest BCUT2D eigenvalue weighted by atomic mass is 9.89. The fourth-order valence-corrected chi connectivity index (χ4v) is 4.80. The Morgan fingerprint density at radius 2 is 1.79 bits per heavy atom. The minimum absolute atomic E-state index is 0.0298. The summed E-state index contributed by atoms with van der Waals surface area (Å²) in [4.78, 5) is 12.9. The topological polar surface area (TPSA) is 75.7 Å². The number of hydrogen-bond donors (Lipinski definition) is 1. The molecule has 2 aromatic carbocycles. The number of sulfonamides is 1. The molecule has 2 aromatic rings. The third kappa shape index (κ3) is 4.56. The highest BCUT2D eigenvalue weighted by Crippen LogP contribution is 2.39. The first-order valence-corrected chi connectivity index (χ1v) is 11.5. The molecular weight excluding hydrogens is 388 g/mol. The molecule has 1 aliphatic rings. The van der Waals surface area contributed by atoms with E-state index in [-0.39, 0.29) is 23.3 Å². The van der Waals surface area contributed by atoms with Gasteiger partial charge >= 0.3 is 0 Å². The van der Waals surface area contributed by atoms with Gasteiger partial charge in [0.25, 0.3) is 5.91 Å². The zero-order valence-corrected chi connectivity index (χ0v) is 18.1. The van der Waals surface area contributed by atoms with Gasteiger partial charge in [-0.3, -0.25) is 9.10 Å². The maximum atomic E-state index is 12.9. The molecule has 0 saturated heterocycles. The third-order valence-electron chi connectivity index (χ3n) is 5.09. The van der Waals surface area contributed by atoms with Crippen LogP contribution in [0.1, 0.15) is 56.1 Å². The van der Waals surface area contributed by atoms with E-state index in [2.05, 4.69) is 5.32 Å². The van der Waals surface area contributed by atoms with Crippen molar-refractivity contribution in [2.24, 2.45) is 0 Å². The lowest BCUT2D eigenvalue weighted by molar-refractivity contribution is 0.0619. The van der Waals surface area contributed by atoms with Gasteiger partial charge < -0.3 is 10.1 Å². The number of hydrogen-bond acceptors (Lipinski definition) is 4. The number of fused-ring (bicyclic) bond motifs is 1. The number of para-hydroxylation sites is 1. The van der Waals surface area contributed by atoms with Gasteiger partial charge in [0.05, 0.1) is 17.5 Å². The number of benzene rings is 2. The normalized spacial score (nSPS) is 17.7. The highest BCUT2D eigenvalue weighted by molar-refractivity contribution is 7.92. The van der Waals surface area contributed by atoms with Crippen molar-refractivity contribution in [3.8, 4) is 5.75 Å². The summed E-state index contributed by atoms with van der Waals surface area (Å²) in [6.45, 7) is 7.76. The van der Waals surface area contributed by atoms with Crippen LogP contribution < -0.4 is 14.4 Å². The smallest absolute Gasteiger partial charge is 0.251 e. The van der Waals surface area contributed by atoms with Crippen LogP contribution in [0.5, 0.6) is 5.75 Å². The van der Waals surface area contributed by atoms with E-state index in [9.17, 15) is 13.2 Å². The van der Waals surface area contributed by atoms with Crippen LogP contribution in [0.25, 0.3) is 0 Å². The van der Waals surface area contributed by atoms with Gasteiger partial charge in [-0.2, -0.15) is 0 Å². The number of nitrogens with zero attached hydrogens (tertiary/aromatic N) is 1. The Kier molecular flexibility index (Phi) is 5.89. The summed E-state index contributed by atoms with van der Waals surface area (Å²) in [5.41, 5.74) is 1.62. The SMILES string of the molecule is CCN(c1ccc(C(=O)N[C@H]2CC(C)(C)Oc3ccccc32)cc1)S(=O)(=O)CC. The van der Waals surface area contributed by atoms with Crippen molar-refractivity contribution >= 4 is 21.6 Å². The average molecular weight is 417 g/mol. The van der Waals surface area contributed by atoms with Crippen molar-refractivity contribution in [3.05, 3.63) is 59.7 Å². The number of carbonyl (C=O) groups excluding carboxylic acids is 1. The molecular formula is C22H28N2O4S. The van der Waals surface area contributed by atoms with Crippen molar-refractivity contribution in [3.63, 3.8) is 0 Å². The third-order valence-corrected chi connectivity index (χ3v) is 6.96. The van der Waals surface area contributed by atoms with E-state index in [0.29, 0.717) is 24.2 Å². The van der Waals surface area contributed by atoms with Gasteiger partial charge in [0.1, 0.15) is 11.4 Å². The monoisotopic (exact) mass is 416 g/mol. The van der Waals surface area contributed by atoms with Crippen molar-refractivity contribution in [1.29, 1.82) is 0 Å². The van der Waals surface area contributed by atoms with Crippen molar-refractivity contribution < 1.29 is 17.9 Å². The summed E-state index contributed by atoms with van der Waals surface area (Å²) in [5, 5.41) is 3.10. The average Bonchev–Trinajstić information content (AvgIpc) is 2.68. The minimum Gasteiger partial charge on any atom is -0.487 e. The van der Waals surface area contributed by atoms with E-state index in [1.807, 2.05) is 38.1 Å². The standard InChI is InChI=1S/C22H28N2O4S/c1-5-24(29(26,27)6-2)17-13-11-16(12-14-17)21(25)23-19-15-22(3,4)28-20-10-8-7-9-18(19)20/h7-14,19H,5-6,15H2,1-4H3,(H,23,25)/t19-/m0/s1. The predicted octanol–water partition coefficient (Wildman–Crippen LogP) is 3.89. The molecule has 0 bridgehead atoms. The molecule has 3 rings (SSSR count). The lowest BCUT2D eigenvalue weighted by Crippen LogP contribution is -2.41. The Morgan fingerprint density at radius 3 is 2.41 bits per heavy atom. The first-order chi connectivity index (χ1) is 13.7. The number of amides is 1. The molecule has 1 atom stereocenters. The first-order valence-electron chi connectivity index (χ1n) is 9.86. The fourth-order valence-electron chi connectivity index (χ4n) is 3.65. The summed E-state index contributed by atoms with van der Waals surface area (Å²) >= 11 is 0. The van der Waals surface area contributed by atoms with E-state index in [1.165, 1.54) is 4.31 Å². The van der Waals surface area contributed by atoms with E-state index in [4.69, 9.17) is 4.74 Å². The number of ether oxygens (including phenoxy) is 1. The Balaban J connectivity index is 1.80. The molecule has 29 heavy (non-hydrogen) atoms. The number of rotatable bonds is 6. The van der Waals surface area contributed by atoms with Gasteiger partial charge in [-0.1, -0.05) is 18.2 Å². The molecule has 1 heterocycles. The van der Waals surface area contributed by atoms with Crippen LogP contribution in [0, 0.1) is 0 Å². The first kappa shape index (κ1) is 21.2. The highest BCUT2D eigenvalue weighted by atomic mass is 32.2. The largest absolute Gasteiger partial charge is 0.487 e. The molecule has 0 aliphatic carbocycles. The van der Waals surface area contributed by atoms with E-state index in [1.54, 1.807) is 38.1 Å². The second kappa shape index (κ2) is 8.06. The number of carbonyl (C=O) groups is 1. The quantitative estimate of drug-likeness (QED) is 0.775. The van der Waals surface area contributed by atoms with Crippen LogP contribution >= 0.6 is 0 Å². The summed E-state index contributed by atoms with van der Waals surface area (Å²) in [6.07, 6.45) is 0.659. The predicted molar refractivity (Wildman–Crippen MR) is 115 cm³/mol. The maximum Gasteiger partial charge on any atom is 0.251 e. The van der Waals surface area contributed by atoms with Crippen LogP contribution in [0.3, 0.4) is 0 Å². The fraction of sp³-hybridized carbons (Fsp3) is 0.409. The minimum atomic E-state index is -3.35. The molecule has 1 N–H and O–H groups in total. The molecule has 0 aromatic heterocycles. The molecule has 7 heteroatoms. The second-order valence-electron chi connectivity index (χ2n) is 7.74. The molecule has 1 amide bonds. The second-order valence-corrected chi connectivity index (χ2v) is 9.92. The van der Waals surface area contributed by atoms with Crippen LogP contribution in [0.4, 0.5) is 5.69 Å². The van der Waals surface area contributed by atoms with Crippen LogP contribution in [-0.2, 0) is 10.0 Å². The van der Waals surface area contributed by atoms with Crippen molar-refractivity contribution in [1.82, 2.24) is 5.32 Å². The van der Waals surface area contributed by atoms with E-state index in [0.717, 1.165) is 11.3 Å². The molecule has 0 saturated carbocycles. The van der Waals surface area contributed by atoms with E-state index >= 15 is 0 Å². The van der Waals surface area contributed by atoms with Crippen LogP contribution in [0.2, 0.25) is 0 Å². The molecule has 1 aliphatic heterocycles. The van der Waals surface area contributed by atoms with Crippen molar-refractivity contribution in [2.75, 3.05) is 16.6 Å². The van der Waals surface area contributed by atoms with Crippen molar-refractivity contribution in [2.45, 2.75) is 45.8 Å². The highest BCUT2D eigenvalue weighted by Gasteiger charge is 2.34. The Bertz CT molecular complexity index is 984. The van der Waals surface area contributed by atoms with Gasteiger partial charge in [0.15, 0.2) is 0 Å². The maximum absolute atomic E-state index is 12.9. The van der Waals surface area contributed by atoms with Gasteiger partial charge in [-0.25, -0.2) is 8.42 Å². The number of nitrogens with one attached hydrogen (secondary N) is 1. The molecule has 0 fully saturated rings. The Hall–Kier alpha value is -2.54. The van der Waals surface area contributed by atoms with E-state index < -0.39 is 10.0 Å². The van der Waals surface area contributed by atoms with Gasteiger partial charge in [0, 0.05) is 24.1 Å². The zero-order chi connectivity index (χ0) is 21.2. The molecule has 156 valence electrons. The van der Waals surface area contributed by atoms with Crippen LogP contribution in [-0.4, -0.2) is 32.2 Å². The summed E-state index contributed by atoms with van der Waals surface area (Å²) < 4.78 is 31.8. The Labute approximate surface area is 172 Å². The summed E-state index contributed by atoms with van der Waals surface area (Å²) in [7, 11) is -3.35. The lowest BCUT2D eigenvalue weighted by Gasteiger charge is -2.37. The zero-order valence-electron chi connectivity index (χ0n) is 17.3. The van der Waals surface area contributed by atoms with Gasteiger partial charge in [-0.05, 0) is 58.0 Å². The van der Waals surface area contributed by atoms with Crippen LogP contribution in [0.15, 0.2) is 48.5 Å². The van der Waals surface area contributed by atoms with Gasteiger partial charge in [0.2, 0.25) is 10.0 Å². The summed E-state index contributed by atoms with van der Waals surface area (Å²) in [6, 6.07) is 14.2. The molecule has 6 nitrogen and oxygen atoms in total. The number of anilines is 1. The Morgan fingerprint density at radius 1 is 1.14 bits per heavy atom.